The van der Waals surface area contributed by atoms with Crippen LogP contribution < -0.4 is 10.1 Å². The van der Waals surface area contributed by atoms with Crippen LogP contribution in [0.5, 0.6) is 5.75 Å². The van der Waals surface area contributed by atoms with Crippen LogP contribution in [0.4, 0.5) is 11.4 Å². The number of carbonyl (C=O) groups excluding carboxylic acids is 2. The second kappa shape index (κ2) is 8.25. The molecule has 0 saturated heterocycles. The van der Waals surface area contributed by atoms with Gasteiger partial charge in [0.25, 0.3) is 11.6 Å². The summed E-state index contributed by atoms with van der Waals surface area (Å²) >= 11 is 1.42. The zero-order valence-corrected chi connectivity index (χ0v) is 14.4. The summed E-state index contributed by atoms with van der Waals surface area (Å²) in [6, 6.07) is 7.42. The number of nitro benzene ring substituents is 1. The number of rotatable bonds is 7. The van der Waals surface area contributed by atoms with Gasteiger partial charge in [0, 0.05) is 10.9 Å². The van der Waals surface area contributed by atoms with E-state index < -0.39 is 22.9 Å². The van der Waals surface area contributed by atoms with Crippen molar-refractivity contribution in [1.29, 1.82) is 0 Å². The fourth-order valence-electron chi connectivity index (χ4n) is 1.98. The van der Waals surface area contributed by atoms with Gasteiger partial charge in [-0.1, -0.05) is 6.07 Å². The van der Waals surface area contributed by atoms with E-state index >= 15 is 0 Å². The van der Waals surface area contributed by atoms with Crippen LogP contribution in [0, 0.1) is 10.1 Å². The molecule has 132 valence electrons. The zero-order valence-electron chi connectivity index (χ0n) is 13.6. The van der Waals surface area contributed by atoms with E-state index in [0.29, 0.717) is 0 Å². The van der Waals surface area contributed by atoms with Crippen molar-refractivity contribution in [2.75, 3.05) is 12.4 Å². The van der Waals surface area contributed by atoms with Crippen molar-refractivity contribution < 1.29 is 24.0 Å². The van der Waals surface area contributed by atoms with Crippen LogP contribution in [0.25, 0.3) is 0 Å². The van der Waals surface area contributed by atoms with Crippen molar-refractivity contribution in [1.82, 2.24) is 0 Å². The molecule has 2 aromatic rings. The van der Waals surface area contributed by atoms with Crippen LogP contribution in [0.3, 0.4) is 0 Å². The molecule has 9 heteroatoms. The van der Waals surface area contributed by atoms with E-state index in [1.807, 2.05) is 11.4 Å². The predicted molar refractivity (Wildman–Crippen MR) is 91.9 cm³/mol. The SMILES string of the molecule is COc1cc([N+](=O)[O-])ccc1NC(=O)[C@H](C)OC(=O)Cc1cccs1. The number of nitro groups is 1. The number of carbonyl (C=O) groups is 2. The highest BCUT2D eigenvalue weighted by Gasteiger charge is 2.20. The van der Waals surface area contributed by atoms with Gasteiger partial charge >= 0.3 is 5.97 Å². The lowest BCUT2D eigenvalue weighted by molar-refractivity contribution is -0.384. The van der Waals surface area contributed by atoms with E-state index in [4.69, 9.17) is 9.47 Å². The molecule has 0 spiro atoms. The van der Waals surface area contributed by atoms with Crippen molar-refractivity contribution in [3.63, 3.8) is 0 Å². The summed E-state index contributed by atoms with van der Waals surface area (Å²) in [4.78, 5) is 35.0. The number of non-ortho nitro benzene ring substituents is 1. The number of methoxy groups -OCH3 is 1. The molecule has 1 aromatic carbocycles. The maximum Gasteiger partial charge on any atom is 0.311 e. The number of hydrogen-bond acceptors (Lipinski definition) is 7. The molecule has 1 atom stereocenters. The Balaban J connectivity index is 1.98. The highest BCUT2D eigenvalue weighted by Crippen LogP contribution is 2.29. The summed E-state index contributed by atoms with van der Waals surface area (Å²) in [5.41, 5.74) is 0.0875. The molecule has 0 aliphatic carbocycles. The lowest BCUT2D eigenvalue weighted by atomic mass is 10.2. The first-order valence-corrected chi connectivity index (χ1v) is 8.14. The third-order valence-electron chi connectivity index (χ3n) is 3.23. The summed E-state index contributed by atoms with van der Waals surface area (Å²) in [6.45, 7) is 1.44. The van der Waals surface area contributed by atoms with Gasteiger partial charge in [0.2, 0.25) is 0 Å². The Morgan fingerprint density at radius 3 is 2.72 bits per heavy atom. The van der Waals surface area contributed by atoms with Crippen LogP contribution in [-0.2, 0) is 20.7 Å². The second-order valence-electron chi connectivity index (χ2n) is 5.02. The van der Waals surface area contributed by atoms with Crippen LogP contribution in [-0.4, -0.2) is 30.0 Å². The summed E-state index contributed by atoms with van der Waals surface area (Å²) in [5, 5.41) is 15.1. The first-order chi connectivity index (χ1) is 11.9. The van der Waals surface area contributed by atoms with Gasteiger partial charge in [-0.2, -0.15) is 0 Å². The van der Waals surface area contributed by atoms with Gasteiger partial charge in [0.15, 0.2) is 6.10 Å². The number of anilines is 1. The number of nitrogens with one attached hydrogen (secondary N) is 1. The van der Waals surface area contributed by atoms with E-state index in [1.54, 1.807) is 6.07 Å². The summed E-state index contributed by atoms with van der Waals surface area (Å²) in [6.07, 6.45) is -0.928. The number of thiophene rings is 1. The second-order valence-corrected chi connectivity index (χ2v) is 6.05. The highest BCUT2D eigenvalue weighted by atomic mass is 32.1. The topological polar surface area (TPSA) is 108 Å². The molecule has 1 aromatic heterocycles. The van der Waals surface area contributed by atoms with Gasteiger partial charge in [-0.25, -0.2) is 0 Å². The molecule has 0 saturated carbocycles. The maximum atomic E-state index is 12.2. The summed E-state index contributed by atoms with van der Waals surface area (Å²) < 4.78 is 10.1. The number of esters is 1. The Labute approximate surface area is 147 Å². The molecule has 8 nitrogen and oxygen atoms in total. The van der Waals surface area contributed by atoms with Gasteiger partial charge in [-0.15, -0.1) is 11.3 Å². The fourth-order valence-corrected chi connectivity index (χ4v) is 2.67. The number of ether oxygens (including phenoxy) is 2. The molecule has 25 heavy (non-hydrogen) atoms. The first-order valence-electron chi connectivity index (χ1n) is 7.26. The molecule has 1 N–H and O–H groups in total. The van der Waals surface area contributed by atoms with E-state index in [-0.39, 0.29) is 23.5 Å². The summed E-state index contributed by atoms with van der Waals surface area (Å²) in [5.74, 6) is -0.938. The third kappa shape index (κ3) is 5.01. The Kier molecular flexibility index (Phi) is 6.07. The summed E-state index contributed by atoms with van der Waals surface area (Å²) in [7, 11) is 1.33. The minimum atomic E-state index is -1.02. The molecule has 0 unspecified atom stereocenters. The van der Waals surface area contributed by atoms with Gasteiger partial charge in [-0.3, -0.25) is 19.7 Å². The van der Waals surface area contributed by atoms with Crippen LogP contribution in [0.15, 0.2) is 35.7 Å². The molecule has 0 fully saturated rings. The molecule has 1 heterocycles. The quantitative estimate of drug-likeness (QED) is 0.460. The number of benzene rings is 1. The number of nitrogens with zero attached hydrogens (tertiary/aromatic N) is 1. The molecular formula is C16H16N2O6S. The van der Waals surface area contributed by atoms with Crippen LogP contribution in [0.1, 0.15) is 11.8 Å². The van der Waals surface area contributed by atoms with E-state index in [2.05, 4.69) is 5.32 Å². The van der Waals surface area contributed by atoms with Crippen LogP contribution in [0.2, 0.25) is 0 Å². The van der Waals surface area contributed by atoms with Gasteiger partial charge in [0.1, 0.15) is 5.75 Å². The van der Waals surface area contributed by atoms with E-state index in [1.165, 1.54) is 43.6 Å². The number of hydrogen-bond donors (Lipinski definition) is 1. The standard InChI is InChI=1S/C16H16N2O6S/c1-10(24-15(19)9-12-4-3-7-25-12)16(20)17-13-6-5-11(18(21)22)8-14(13)23-2/h3-8,10H,9H2,1-2H3,(H,17,20)/t10-/m0/s1. The normalized spacial score (nSPS) is 11.4. The lowest BCUT2D eigenvalue weighted by Gasteiger charge is -2.15. The Morgan fingerprint density at radius 1 is 1.36 bits per heavy atom. The third-order valence-corrected chi connectivity index (χ3v) is 4.11. The molecule has 0 aliphatic heterocycles. The Bertz CT molecular complexity index is 775. The Morgan fingerprint density at radius 2 is 2.12 bits per heavy atom. The Hall–Kier alpha value is -2.94. The molecule has 1 amide bonds. The fraction of sp³-hybridized carbons (Fsp3) is 0.250. The highest BCUT2D eigenvalue weighted by molar-refractivity contribution is 7.10. The first kappa shape index (κ1) is 18.4. The van der Waals surface area contributed by atoms with Crippen LogP contribution >= 0.6 is 11.3 Å². The molecule has 0 bridgehead atoms. The van der Waals surface area contributed by atoms with Gasteiger partial charge in [0.05, 0.1) is 30.2 Å². The van der Waals surface area contributed by atoms with Crippen molar-refractivity contribution in [3.05, 3.63) is 50.7 Å². The molecular weight excluding hydrogens is 348 g/mol. The van der Waals surface area contributed by atoms with E-state index in [9.17, 15) is 19.7 Å². The molecule has 0 radical (unpaired) electrons. The van der Waals surface area contributed by atoms with Gasteiger partial charge < -0.3 is 14.8 Å². The van der Waals surface area contributed by atoms with Crippen molar-refractivity contribution >= 4 is 34.6 Å². The van der Waals surface area contributed by atoms with Crippen molar-refractivity contribution in [3.8, 4) is 5.75 Å². The van der Waals surface area contributed by atoms with E-state index in [0.717, 1.165) is 4.88 Å². The molecule has 0 aliphatic rings. The maximum absolute atomic E-state index is 12.2. The predicted octanol–water partition coefficient (Wildman–Crippen LogP) is 2.78. The average Bonchev–Trinajstić information content (AvgIpc) is 3.07. The number of amides is 1. The lowest BCUT2D eigenvalue weighted by Crippen LogP contribution is -2.30. The minimum Gasteiger partial charge on any atom is -0.494 e. The average molecular weight is 364 g/mol. The molecule has 2 rings (SSSR count). The van der Waals surface area contributed by atoms with Crippen molar-refractivity contribution in [2.45, 2.75) is 19.4 Å². The smallest absolute Gasteiger partial charge is 0.311 e. The largest absolute Gasteiger partial charge is 0.494 e. The van der Waals surface area contributed by atoms with Crippen molar-refractivity contribution in [2.24, 2.45) is 0 Å². The monoisotopic (exact) mass is 364 g/mol. The van der Waals surface area contributed by atoms with Gasteiger partial charge in [-0.05, 0) is 24.4 Å². The minimum absolute atomic E-state index is 0.0934. The zero-order chi connectivity index (χ0) is 18.4.